The van der Waals surface area contributed by atoms with E-state index in [4.69, 9.17) is 19.6 Å². The van der Waals surface area contributed by atoms with Gasteiger partial charge in [-0.2, -0.15) is 0 Å². The van der Waals surface area contributed by atoms with Gasteiger partial charge in [0.1, 0.15) is 0 Å². The predicted octanol–water partition coefficient (Wildman–Crippen LogP) is 2.99. The summed E-state index contributed by atoms with van der Waals surface area (Å²) in [5.74, 6) is -0.951. The lowest BCUT2D eigenvalue weighted by atomic mass is 10.1. The lowest BCUT2D eigenvalue weighted by Gasteiger charge is -2.20. The van der Waals surface area contributed by atoms with E-state index in [1.165, 1.54) is 19.4 Å². The molecule has 2 aromatic heterocycles. The molecule has 0 saturated heterocycles. The number of hydrogen-bond acceptors (Lipinski definition) is 11. The maximum absolute atomic E-state index is 12.8. The number of aromatic nitrogens is 2. The fraction of sp³-hybridized carbons (Fsp3) is 0.261. The Morgan fingerprint density at radius 3 is 2.74 bits per heavy atom. The smallest absolute Gasteiger partial charge is 0.381 e. The molecule has 0 spiro atoms. The van der Waals surface area contributed by atoms with Gasteiger partial charge in [-0.05, 0) is 31.2 Å². The van der Waals surface area contributed by atoms with Crippen molar-refractivity contribution in [2.75, 3.05) is 31.5 Å². The quantitative estimate of drug-likeness (QED) is 0.338. The molecule has 4 N–H and O–H groups in total. The second kappa shape index (κ2) is 12.4. The van der Waals surface area contributed by atoms with Crippen LogP contribution in [-0.2, 0) is 11.2 Å². The van der Waals surface area contributed by atoms with Gasteiger partial charge in [-0.25, -0.2) is 9.79 Å². The molecular weight excluding hydrogens is 472 g/mol. The zero-order chi connectivity index (χ0) is 25.2. The number of ether oxygens (including phenoxy) is 2. The monoisotopic (exact) mass is 498 g/mol. The number of amides is 1. The van der Waals surface area contributed by atoms with Crippen molar-refractivity contribution in [2.24, 2.45) is 10.7 Å². The van der Waals surface area contributed by atoms with Gasteiger partial charge in [0.25, 0.3) is 5.91 Å². The molecule has 0 unspecified atom stereocenters. The first-order chi connectivity index (χ1) is 16.9. The molecule has 3 aromatic rings. The third-order valence-corrected chi connectivity index (χ3v) is 5.37. The maximum atomic E-state index is 12.8. The van der Waals surface area contributed by atoms with E-state index in [0.29, 0.717) is 29.6 Å². The van der Waals surface area contributed by atoms with Crippen LogP contribution in [0.25, 0.3) is 0 Å². The highest BCUT2D eigenvalue weighted by atomic mass is 32.1. The van der Waals surface area contributed by atoms with Crippen LogP contribution in [0.3, 0.4) is 0 Å². The summed E-state index contributed by atoms with van der Waals surface area (Å²) in [5, 5.41) is 14.1. The zero-order valence-electron chi connectivity index (χ0n) is 19.5. The molecule has 0 bridgehead atoms. The normalized spacial score (nSPS) is 12.5. The van der Waals surface area contributed by atoms with Gasteiger partial charge in [0.05, 0.1) is 25.4 Å². The Labute approximate surface area is 205 Å². The third kappa shape index (κ3) is 7.22. The van der Waals surface area contributed by atoms with Gasteiger partial charge in [-0.3, -0.25) is 10.1 Å². The lowest BCUT2D eigenvalue weighted by molar-refractivity contribution is 0.0991. The average molecular weight is 499 g/mol. The first kappa shape index (κ1) is 25.6. The summed E-state index contributed by atoms with van der Waals surface area (Å²) in [6.45, 7) is 2.10. The second-order valence-corrected chi connectivity index (χ2v) is 8.24. The molecule has 0 aliphatic carbocycles. The summed E-state index contributed by atoms with van der Waals surface area (Å²) < 4.78 is 15.7. The molecule has 0 aliphatic heterocycles. The average Bonchev–Trinajstić information content (AvgIpc) is 3.26. The minimum absolute atomic E-state index is 0.0494. The Kier molecular flexibility index (Phi) is 9.09. The maximum Gasteiger partial charge on any atom is 0.381 e. The van der Waals surface area contributed by atoms with Crippen LogP contribution in [0.1, 0.15) is 23.0 Å². The number of anilines is 2. The fourth-order valence-corrected chi connectivity index (χ4v) is 3.83. The van der Waals surface area contributed by atoms with Crippen molar-refractivity contribution in [3.8, 4) is 5.75 Å². The fourth-order valence-electron chi connectivity index (χ4n) is 3.16. The standard InChI is InChI=1S/C23H26N6O5S/c1-14(9-10-24)25-22-28-29-23(35-22)27-20(30)18-12-17(19(33-3)21(31)34-18)26-16(13-32-2)11-15-7-5-4-6-8-15/h4-10,12,16,26H,11,13,24H2,1-3H3,(H,27,29,30)/b10-9-,25-14+/t16-/m0/s1. The van der Waals surface area contributed by atoms with Crippen LogP contribution in [0.5, 0.6) is 5.75 Å². The first-order valence-corrected chi connectivity index (χ1v) is 11.3. The van der Waals surface area contributed by atoms with Crippen LogP contribution in [0.15, 0.2) is 62.9 Å². The SMILES string of the molecule is COC[C@H](Cc1ccccc1)Nc1cc(C(=O)Nc2nnc(/N=C(C)/C=C\N)s2)oc(=O)c1OC. The molecule has 0 fully saturated rings. The van der Waals surface area contributed by atoms with Gasteiger partial charge in [0.2, 0.25) is 16.0 Å². The van der Waals surface area contributed by atoms with Gasteiger partial charge in [0, 0.05) is 18.9 Å². The summed E-state index contributed by atoms with van der Waals surface area (Å²) in [6.07, 6.45) is 3.58. The first-order valence-electron chi connectivity index (χ1n) is 10.5. The van der Waals surface area contributed by atoms with Crippen molar-refractivity contribution >= 4 is 38.9 Å². The molecule has 35 heavy (non-hydrogen) atoms. The molecule has 11 nitrogen and oxygen atoms in total. The van der Waals surface area contributed by atoms with Crippen LogP contribution in [-0.4, -0.2) is 48.7 Å². The molecule has 2 heterocycles. The van der Waals surface area contributed by atoms with E-state index in [9.17, 15) is 9.59 Å². The summed E-state index contributed by atoms with van der Waals surface area (Å²) >= 11 is 1.05. The van der Waals surface area contributed by atoms with E-state index in [0.717, 1.165) is 16.9 Å². The number of allylic oxidation sites excluding steroid dienone is 1. The largest absolute Gasteiger partial charge is 0.488 e. The number of nitrogens with one attached hydrogen (secondary N) is 2. The van der Waals surface area contributed by atoms with Crippen LogP contribution in [0, 0.1) is 0 Å². The lowest BCUT2D eigenvalue weighted by Crippen LogP contribution is -2.29. The molecule has 0 radical (unpaired) electrons. The molecular formula is C23H26N6O5S. The van der Waals surface area contributed by atoms with E-state index in [2.05, 4.69) is 25.8 Å². The van der Waals surface area contributed by atoms with E-state index in [1.807, 2.05) is 30.3 Å². The summed E-state index contributed by atoms with van der Waals surface area (Å²) in [4.78, 5) is 29.5. The Morgan fingerprint density at radius 2 is 2.06 bits per heavy atom. The van der Waals surface area contributed by atoms with Gasteiger partial charge in [-0.15, -0.1) is 10.2 Å². The topological polar surface area (TPSA) is 154 Å². The van der Waals surface area contributed by atoms with E-state index in [-0.39, 0.29) is 22.7 Å². The highest BCUT2D eigenvalue weighted by molar-refractivity contribution is 7.18. The molecule has 1 amide bonds. The zero-order valence-corrected chi connectivity index (χ0v) is 20.3. The number of nitrogens with zero attached hydrogens (tertiary/aromatic N) is 3. The number of rotatable bonds is 11. The van der Waals surface area contributed by atoms with Crippen molar-refractivity contribution < 1.29 is 18.7 Å². The summed E-state index contributed by atoms with van der Waals surface area (Å²) in [5.41, 5.74) is 6.55. The number of benzene rings is 1. The van der Waals surface area contributed by atoms with Crippen LogP contribution in [0.2, 0.25) is 0 Å². The van der Waals surface area contributed by atoms with E-state index in [1.54, 1.807) is 20.1 Å². The van der Waals surface area contributed by atoms with Crippen molar-refractivity contribution in [3.05, 3.63) is 70.4 Å². The minimum Gasteiger partial charge on any atom is -0.488 e. The third-order valence-electron chi connectivity index (χ3n) is 4.63. The van der Waals surface area contributed by atoms with Crippen LogP contribution < -0.4 is 26.7 Å². The number of carbonyl (C=O) groups excluding carboxylic acids is 1. The van der Waals surface area contributed by atoms with Crippen molar-refractivity contribution in [3.63, 3.8) is 0 Å². The Balaban J connectivity index is 1.81. The number of aliphatic imine (C=N–C) groups is 1. The summed E-state index contributed by atoms with van der Waals surface area (Å²) in [7, 11) is 2.94. The van der Waals surface area contributed by atoms with Gasteiger partial charge >= 0.3 is 5.63 Å². The molecule has 0 saturated carbocycles. The molecule has 1 atom stereocenters. The predicted molar refractivity (Wildman–Crippen MR) is 135 cm³/mol. The Bertz CT molecular complexity index is 1250. The highest BCUT2D eigenvalue weighted by Gasteiger charge is 2.21. The highest BCUT2D eigenvalue weighted by Crippen LogP contribution is 2.26. The van der Waals surface area contributed by atoms with Crippen LogP contribution in [0.4, 0.5) is 16.0 Å². The van der Waals surface area contributed by atoms with Gasteiger partial charge < -0.3 is 24.9 Å². The number of nitrogens with two attached hydrogens (primary N) is 1. The Morgan fingerprint density at radius 1 is 1.29 bits per heavy atom. The number of carbonyl (C=O) groups is 1. The van der Waals surface area contributed by atoms with Crippen molar-refractivity contribution in [2.45, 2.75) is 19.4 Å². The van der Waals surface area contributed by atoms with Crippen molar-refractivity contribution in [1.29, 1.82) is 0 Å². The van der Waals surface area contributed by atoms with E-state index >= 15 is 0 Å². The second-order valence-electron chi connectivity index (χ2n) is 7.29. The molecule has 3 rings (SSSR count). The molecule has 0 aliphatic rings. The molecule has 12 heteroatoms. The molecule has 1 aromatic carbocycles. The summed E-state index contributed by atoms with van der Waals surface area (Å²) in [6, 6.07) is 11.0. The van der Waals surface area contributed by atoms with E-state index < -0.39 is 11.5 Å². The Hall–Kier alpha value is -4.03. The van der Waals surface area contributed by atoms with Crippen molar-refractivity contribution in [1.82, 2.24) is 10.2 Å². The van der Waals surface area contributed by atoms with Gasteiger partial charge in [-0.1, -0.05) is 41.7 Å². The minimum atomic E-state index is -0.801. The number of methoxy groups -OCH3 is 2. The van der Waals surface area contributed by atoms with Gasteiger partial charge in [0.15, 0.2) is 5.76 Å². The molecule has 184 valence electrons. The van der Waals surface area contributed by atoms with Crippen LogP contribution >= 0.6 is 11.3 Å². The number of hydrogen-bond donors (Lipinski definition) is 3.